The van der Waals surface area contributed by atoms with Gasteiger partial charge in [-0.2, -0.15) is 0 Å². The zero-order valence-corrected chi connectivity index (χ0v) is 26.5. The quantitative estimate of drug-likeness (QED) is 0.216. The maximum atomic E-state index is 14.1. The van der Waals surface area contributed by atoms with Crippen LogP contribution < -0.4 is 21.3 Å². The molecule has 0 unspecified atom stereocenters. The Morgan fingerprint density at radius 3 is 2.20 bits per heavy atom. The first-order chi connectivity index (χ1) is 21.8. The van der Waals surface area contributed by atoms with Crippen molar-refractivity contribution >= 4 is 35.3 Å². The van der Waals surface area contributed by atoms with Crippen LogP contribution in [-0.4, -0.2) is 93.4 Å². The molecule has 5 amide bonds. The van der Waals surface area contributed by atoms with E-state index in [-0.39, 0.29) is 36.0 Å². The van der Waals surface area contributed by atoms with Gasteiger partial charge in [-0.1, -0.05) is 34.1 Å². The molecule has 3 fully saturated rings. The molecular weight excluding hydrogens is 604 g/mol. The van der Waals surface area contributed by atoms with Crippen LogP contribution in [0.25, 0.3) is 0 Å². The summed E-state index contributed by atoms with van der Waals surface area (Å²) in [7, 11) is 0. The summed E-state index contributed by atoms with van der Waals surface area (Å²) in [5, 5.41) is 10.3. The van der Waals surface area contributed by atoms with Crippen molar-refractivity contribution in [2.75, 3.05) is 6.54 Å². The molecule has 0 bridgehead atoms. The Balaban J connectivity index is 1.51. The fourth-order valence-electron chi connectivity index (χ4n) is 6.28. The van der Waals surface area contributed by atoms with Crippen molar-refractivity contribution < 1.29 is 37.5 Å². The maximum Gasteiger partial charge on any atom is 0.289 e. The number of nitrogens with one attached hydrogen (secondary N) is 4. The average molecular weight is 648 g/mol. The number of likely N-dealkylation sites (tertiary alicyclic amines) is 1. The van der Waals surface area contributed by atoms with Crippen molar-refractivity contribution in [3.8, 4) is 0 Å². The zero-order valence-electron chi connectivity index (χ0n) is 26.5. The summed E-state index contributed by atoms with van der Waals surface area (Å²) >= 11 is 0. The van der Waals surface area contributed by atoms with Gasteiger partial charge in [0.2, 0.25) is 29.9 Å². The van der Waals surface area contributed by atoms with E-state index in [1.165, 1.54) is 23.5 Å². The Bertz CT molecular complexity index is 1310. The van der Waals surface area contributed by atoms with Gasteiger partial charge in [0.25, 0.3) is 11.8 Å². The number of Topliss-reactive ketones (excluding diaryl/α,β-unsaturated/α-hetero) is 1. The number of aromatic nitrogens is 2. The second kappa shape index (κ2) is 15.0. The number of amides is 5. The van der Waals surface area contributed by atoms with Gasteiger partial charge >= 0.3 is 0 Å². The Hall–Kier alpha value is -4.04. The first-order valence-electron chi connectivity index (χ1n) is 15.9. The van der Waals surface area contributed by atoms with Crippen LogP contribution in [0.3, 0.4) is 0 Å². The topological polar surface area (TPSA) is 180 Å². The monoisotopic (exact) mass is 647 g/mol. The number of hydrogen-bond acceptors (Lipinski definition) is 8. The molecule has 0 aromatic carbocycles. The van der Waals surface area contributed by atoms with Gasteiger partial charge in [0.05, 0.1) is 6.20 Å². The summed E-state index contributed by atoms with van der Waals surface area (Å²) < 4.78 is 26.9. The molecular formula is C31H43F2N7O6. The van der Waals surface area contributed by atoms with Crippen LogP contribution in [0.2, 0.25) is 0 Å². The highest BCUT2D eigenvalue weighted by Crippen LogP contribution is 2.42. The molecule has 3 aliphatic rings. The van der Waals surface area contributed by atoms with Gasteiger partial charge in [-0.05, 0) is 49.4 Å². The molecule has 0 radical (unpaired) electrons. The van der Waals surface area contributed by atoms with E-state index in [4.69, 9.17) is 0 Å². The summed E-state index contributed by atoms with van der Waals surface area (Å²) in [5.41, 5.74) is 0.0172. The molecule has 4 rings (SSSR count). The van der Waals surface area contributed by atoms with Crippen LogP contribution in [-0.2, 0) is 24.0 Å². The zero-order chi connectivity index (χ0) is 33.7. The minimum atomic E-state index is -2.97. The van der Waals surface area contributed by atoms with E-state index in [1.54, 1.807) is 27.7 Å². The lowest BCUT2D eigenvalue weighted by Crippen LogP contribution is -2.60. The highest BCUT2D eigenvalue weighted by molar-refractivity contribution is 6.38. The number of carbonyl (C=O) groups excluding carboxylic acids is 6. The standard InChI is InChI=1S/C31H43F2N7O6/c1-15(2)23(38-27(42)21-13-34-10-11-35-21)28(43)39-24(16(3)4)31(46)40-14-17-6-5-7-19(17)25(40)29(44)37-20(12-22(32)33)26(41)30(45)36-18-8-9-18/h10-11,13,15-20,22-25H,5-9,12,14H2,1-4H3,(H,36,45)(H,37,44)(H,38,42)(H,39,43)/t17-,19-,20+,23-,24-,25-/m0/s1. The number of halogens is 2. The molecule has 2 aliphatic carbocycles. The van der Waals surface area contributed by atoms with E-state index in [2.05, 4.69) is 31.2 Å². The van der Waals surface area contributed by atoms with E-state index in [0.717, 1.165) is 12.8 Å². The van der Waals surface area contributed by atoms with Crippen molar-refractivity contribution in [3.05, 3.63) is 24.3 Å². The molecule has 252 valence electrons. The van der Waals surface area contributed by atoms with Crippen LogP contribution in [0.1, 0.15) is 76.7 Å². The third-order valence-corrected chi connectivity index (χ3v) is 8.89. The molecule has 0 spiro atoms. The normalized spacial score (nSPS) is 22.6. The Labute approximate surface area is 266 Å². The van der Waals surface area contributed by atoms with Crippen molar-refractivity contribution in [1.82, 2.24) is 36.1 Å². The number of hydrogen-bond donors (Lipinski definition) is 4. The second-order valence-corrected chi connectivity index (χ2v) is 13.1. The number of ketones is 1. The van der Waals surface area contributed by atoms with E-state index in [1.807, 2.05) is 0 Å². The molecule has 46 heavy (non-hydrogen) atoms. The number of fused-ring (bicyclic) bond motifs is 1. The smallest absolute Gasteiger partial charge is 0.289 e. The third kappa shape index (κ3) is 8.40. The van der Waals surface area contributed by atoms with Crippen molar-refractivity contribution in [1.29, 1.82) is 0 Å². The van der Waals surface area contributed by atoms with Gasteiger partial charge in [-0.3, -0.25) is 33.8 Å². The van der Waals surface area contributed by atoms with E-state index in [9.17, 15) is 37.5 Å². The van der Waals surface area contributed by atoms with Gasteiger partial charge in [0.15, 0.2) is 0 Å². The van der Waals surface area contributed by atoms with Crippen LogP contribution in [0.15, 0.2) is 18.6 Å². The SMILES string of the molecule is CC(C)[C@H](NC(=O)c1cnccn1)C(=O)N[C@H](C(=O)N1C[C@@H]2CCC[C@@H]2[C@H]1C(=O)N[C@H](CC(F)F)C(=O)C(=O)NC1CC1)C(C)C. The maximum absolute atomic E-state index is 14.1. The minimum Gasteiger partial charge on any atom is -0.347 e. The highest BCUT2D eigenvalue weighted by atomic mass is 19.3. The number of alkyl halides is 2. The Kier molecular flexibility index (Phi) is 11.4. The van der Waals surface area contributed by atoms with Gasteiger partial charge < -0.3 is 26.2 Å². The molecule has 4 N–H and O–H groups in total. The predicted octanol–water partition coefficient (Wildman–Crippen LogP) is 0.987. The molecule has 1 aromatic rings. The fraction of sp³-hybridized carbons (Fsp3) is 0.677. The molecule has 2 saturated carbocycles. The van der Waals surface area contributed by atoms with Crippen molar-refractivity contribution in [2.24, 2.45) is 23.7 Å². The summed E-state index contributed by atoms with van der Waals surface area (Å²) in [5.74, 6) is -5.82. The summed E-state index contributed by atoms with van der Waals surface area (Å²) in [6, 6.07) is -5.12. The lowest BCUT2D eigenvalue weighted by atomic mass is 9.92. The van der Waals surface area contributed by atoms with Crippen LogP contribution in [0, 0.1) is 23.7 Å². The fourth-order valence-corrected chi connectivity index (χ4v) is 6.28. The first-order valence-corrected chi connectivity index (χ1v) is 15.9. The van der Waals surface area contributed by atoms with Gasteiger partial charge in [-0.15, -0.1) is 0 Å². The average Bonchev–Trinajstić information content (AvgIpc) is 3.57. The molecule has 15 heteroatoms. The Morgan fingerprint density at radius 1 is 0.913 bits per heavy atom. The van der Waals surface area contributed by atoms with Crippen molar-refractivity contribution in [3.63, 3.8) is 0 Å². The summed E-state index contributed by atoms with van der Waals surface area (Å²) in [6.45, 7) is 7.14. The Morgan fingerprint density at radius 2 is 1.61 bits per heavy atom. The van der Waals surface area contributed by atoms with Crippen molar-refractivity contribution in [2.45, 2.75) is 103 Å². The molecule has 1 saturated heterocycles. The van der Waals surface area contributed by atoms with E-state index < -0.39 is 78.3 Å². The second-order valence-electron chi connectivity index (χ2n) is 13.1. The lowest BCUT2D eigenvalue weighted by Gasteiger charge is -2.33. The molecule has 6 atom stereocenters. The minimum absolute atomic E-state index is 0.0172. The molecule has 13 nitrogen and oxygen atoms in total. The molecule has 2 heterocycles. The van der Waals surface area contributed by atoms with Crippen LogP contribution >= 0.6 is 0 Å². The number of rotatable bonds is 14. The number of nitrogens with zero attached hydrogens (tertiary/aromatic N) is 3. The highest BCUT2D eigenvalue weighted by Gasteiger charge is 2.51. The third-order valence-electron chi connectivity index (χ3n) is 8.89. The lowest BCUT2D eigenvalue weighted by molar-refractivity contribution is -0.145. The first kappa shape index (κ1) is 34.8. The van der Waals surface area contributed by atoms with Gasteiger partial charge in [-0.25, -0.2) is 13.8 Å². The van der Waals surface area contributed by atoms with Crippen LogP contribution in [0.4, 0.5) is 8.78 Å². The van der Waals surface area contributed by atoms with E-state index in [0.29, 0.717) is 19.3 Å². The predicted molar refractivity (Wildman–Crippen MR) is 160 cm³/mol. The summed E-state index contributed by atoms with van der Waals surface area (Å²) in [4.78, 5) is 88.5. The van der Waals surface area contributed by atoms with Crippen LogP contribution in [0.5, 0.6) is 0 Å². The summed E-state index contributed by atoms with van der Waals surface area (Å²) in [6.07, 6.45) is 3.57. The molecule has 1 aromatic heterocycles. The van der Waals surface area contributed by atoms with Gasteiger partial charge in [0, 0.05) is 31.4 Å². The number of carbonyl (C=O) groups is 6. The molecule has 1 aliphatic heterocycles. The van der Waals surface area contributed by atoms with Gasteiger partial charge in [0.1, 0.15) is 29.9 Å². The van der Waals surface area contributed by atoms with E-state index >= 15 is 0 Å². The largest absolute Gasteiger partial charge is 0.347 e.